The lowest BCUT2D eigenvalue weighted by Crippen LogP contribution is -2.48. The zero-order valence-electron chi connectivity index (χ0n) is 7.57. The topological polar surface area (TPSA) is 7.94 Å². The lowest BCUT2D eigenvalue weighted by atomic mass is 9.92. The highest BCUT2D eigenvalue weighted by molar-refractivity contribution is 6.60. The third-order valence-corrected chi connectivity index (χ3v) is 3.06. The Kier molecular flexibility index (Phi) is 1.55. The van der Waals surface area contributed by atoms with Crippen LogP contribution in [0.15, 0.2) is 36.2 Å². The van der Waals surface area contributed by atoms with E-state index in [-0.39, 0.29) is 0 Å². The van der Waals surface area contributed by atoms with Crippen molar-refractivity contribution in [2.45, 2.75) is 0 Å². The Morgan fingerprint density at radius 2 is 2.20 bits per heavy atom. The van der Waals surface area contributed by atoms with Crippen molar-refractivity contribution in [2.75, 3.05) is 0 Å². The van der Waals surface area contributed by atoms with Crippen LogP contribution in [0.1, 0.15) is 5.69 Å². The van der Waals surface area contributed by atoms with E-state index >= 15 is 0 Å². The molecule has 6 heteroatoms. The standard InChI is InChI=1S/C9H6BClF2N2/c11-9-7-3-1-5-14(7)10(12,13)15-6-2-4-8(9)15/h1-6H. The minimum atomic E-state index is -3.79. The van der Waals surface area contributed by atoms with Crippen LogP contribution >= 0.6 is 11.6 Å². The van der Waals surface area contributed by atoms with Gasteiger partial charge in [0.15, 0.2) is 5.70 Å². The Morgan fingerprint density at radius 3 is 3.00 bits per heavy atom. The zero-order valence-corrected chi connectivity index (χ0v) is 8.33. The monoisotopic (exact) mass is 226 g/mol. The first-order valence-corrected chi connectivity index (χ1v) is 4.89. The first-order chi connectivity index (χ1) is 7.12. The fraction of sp³-hybridized carbons (Fsp3) is 0. The molecule has 2 aliphatic heterocycles. The number of nitrogens with zero attached hydrogens (tertiary/aromatic N) is 2. The molecule has 2 aliphatic rings. The quantitative estimate of drug-likeness (QED) is 0.600. The van der Waals surface area contributed by atoms with Crippen molar-refractivity contribution in [3.63, 3.8) is 0 Å². The van der Waals surface area contributed by atoms with Crippen LogP contribution in [-0.4, -0.2) is 22.1 Å². The van der Waals surface area contributed by atoms with Crippen LogP contribution in [0.3, 0.4) is 0 Å². The van der Waals surface area contributed by atoms with Gasteiger partial charge >= 0.3 is 6.97 Å². The minimum absolute atomic E-state index is 0.359. The first-order valence-electron chi connectivity index (χ1n) is 4.52. The molecule has 0 radical (unpaired) electrons. The van der Waals surface area contributed by atoms with E-state index in [0.29, 0.717) is 16.4 Å². The summed E-state index contributed by atoms with van der Waals surface area (Å²) in [7, 11) is 0. The number of allylic oxidation sites excluding steroid dienone is 2. The number of halogens is 3. The summed E-state index contributed by atoms with van der Waals surface area (Å²) < 4.78 is 29.7. The summed E-state index contributed by atoms with van der Waals surface area (Å²) in [5, 5.41) is 0.359. The SMILES string of the molecule is F[B-]1(F)n2cccc2C(Cl)=C2C=CC=[N+]21. The molecule has 15 heavy (non-hydrogen) atoms. The Hall–Kier alpha value is -1.36. The highest BCUT2D eigenvalue weighted by Crippen LogP contribution is 2.36. The van der Waals surface area contributed by atoms with E-state index in [2.05, 4.69) is 0 Å². The molecule has 0 saturated heterocycles. The summed E-state index contributed by atoms with van der Waals surface area (Å²) in [6, 6.07) is 3.16. The maximum atomic E-state index is 13.9. The molecule has 0 N–H and O–H groups in total. The maximum absolute atomic E-state index is 13.9. The van der Waals surface area contributed by atoms with Gasteiger partial charge in [0, 0.05) is 17.8 Å². The second-order valence-electron chi connectivity index (χ2n) is 3.50. The molecule has 0 amide bonds. The molecule has 3 heterocycles. The molecule has 0 atom stereocenters. The predicted molar refractivity (Wildman–Crippen MR) is 56.0 cm³/mol. The van der Waals surface area contributed by atoms with Gasteiger partial charge in [0.2, 0.25) is 0 Å². The van der Waals surface area contributed by atoms with Crippen LogP contribution in [0, 0.1) is 0 Å². The Balaban J connectivity index is 2.38. The van der Waals surface area contributed by atoms with Crippen LogP contribution in [-0.2, 0) is 0 Å². The van der Waals surface area contributed by atoms with Gasteiger partial charge in [0.1, 0.15) is 11.2 Å². The van der Waals surface area contributed by atoms with Crippen LogP contribution in [0.2, 0.25) is 0 Å². The average Bonchev–Trinajstić information content (AvgIpc) is 2.84. The fourth-order valence-corrected chi connectivity index (χ4v) is 2.29. The van der Waals surface area contributed by atoms with Crippen molar-refractivity contribution >= 4 is 29.8 Å². The lowest BCUT2D eigenvalue weighted by Gasteiger charge is -2.28. The second kappa shape index (κ2) is 2.61. The number of aromatic nitrogens is 1. The Morgan fingerprint density at radius 1 is 1.40 bits per heavy atom. The molecule has 1 aromatic rings. The van der Waals surface area contributed by atoms with E-state index in [1.165, 1.54) is 12.4 Å². The second-order valence-corrected chi connectivity index (χ2v) is 3.88. The van der Waals surface area contributed by atoms with Gasteiger partial charge in [-0.25, -0.2) is 0 Å². The van der Waals surface area contributed by atoms with Crippen LogP contribution < -0.4 is 0 Å². The molecule has 0 aromatic carbocycles. The van der Waals surface area contributed by atoms with Gasteiger partial charge in [-0.3, -0.25) is 0 Å². The molecule has 0 fully saturated rings. The van der Waals surface area contributed by atoms with Crippen molar-refractivity contribution in [3.8, 4) is 0 Å². The summed E-state index contributed by atoms with van der Waals surface area (Å²) in [4.78, 5) is 0. The van der Waals surface area contributed by atoms with E-state index in [1.54, 1.807) is 24.3 Å². The summed E-state index contributed by atoms with van der Waals surface area (Å²) in [6.07, 6.45) is 5.86. The maximum Gasteiger partial charge on any atom is 0.737 e. The molecule has 0 spiro atoms. The molecule has 0 aliphatic carbocycles. The van der Waals surface area contributed by atoms with Crippen molar-refractivity contribution in [1.29, 1.82) is 0 Å². The third kappa shape index (κ3) is 0.959. The Bertz CT molecular complexity index is 542. The molecule has 0 saturated carbocycles. The van der Waals surface area contributed by atoms with Crippen molar-refractivity contribution in [1.82, 2.24) is 4.48 Å². The molecule has 76 valence electrons. The molecule has 0 unspecified atom stereocenters. The largest absolute Gasteiger partial charge is 0.737 e. The van der Waals surface area contributed by atoms with Gasteiger partial charge in [-0.15, -0.1) is 0 Å². The third-order valence-electron chi connectivity index (χ3n) is 2.68. The van der Waals surface area contributed by atoms with Crippen molar-refractivity contribution in [3.05, 3.63) is 41.9 Å². The lowest BCUT2D eigenvalue weighted by molar-refractivity contribution is -0.356. The van der Waals surface area contributed by atoms with Crippen molar-refractivity contribution < 1.29 is 13.1 Å². The Labute approximate surface area is 89.8 Å². The smallest absolute Gasteiger partial charge is 0.395 e. The van der Waals surface area contributed by atoms with Crippen LogP contribution in [0.25, 0.3) is 5.03 Å². The van der Waals surface area contributed by atoms with Crippen LogP contribution in [0.4, 0.5) is 8.63 Å². The number of hydrogen-bond donors (Lipinski definition) is 0. The van der Waals surface area contributed by atoms with E-state index in [9.17, 15) is 8.63 Å². The fourth-order valence-electron chi connectivity index (χ4n) is 1.97. The average molecular weight is 226 g/mol. The van der Waals surface area contributed by atoms with E-state index in [0.717, 1.165) is 8.96 Å². The van der Waals surface area contributed by atoms with Gasteiger partial charge in [-0.05, 0) is 18.3 Å². The zero-order chi connectivity index (χ0) is 10.6. The normalized spacial score (nSPS) is 21.4. The molecule has 2 nitrogen and oxygen atoms in total. The van der Waals surface area contributed by atoms with Gasteiger partial charge in [-0.1, -0.05) is 11.6 Å². The van der Waals surface area contributed by atoms with E-state index in [4.69, 9.17) is 11.6 Å². The van der Waals surface area contributed by atoms with Gasteiger partial charge < -0.3 is 17.6 Å². The van der Waals surface area contributed by atoms with E-state index in [1.807, 2.05) is 0 Å². The van der Waals surface area contributed by atoms with Gasteiger partial charge in [-0.2, -0.15) is 0 Å². The van der Waals surface area contributed by atoms with Gasteiger partial charge in [0.25, 0.3) is 0 Å². The highest BCUT2D eigenvalue weighted by atomic mass is 35.5. The van der Waals surface area contributed by atoms with Crippen LogP contribution in [0.5, 0.6) is 0 Å². The molecule has 3 rings (SSSR count). The summed E-state index contributed by atoms with van der Waals surface area (Å²) in [6.45, 7) is -3.79. The molecular formula is C9H6BClF2N2. The summed E-state index contributed by atoms with van der Waals surface area (Å²) in [5.74, 6) is 0. The molecule has 1 aromatic heterocycles. The number of rotatable bonds is 0. The summed E-state index contributed by atoms with van der Waals surface area (Å²) >= 11 is 6.04. The molecular weight excluding hydrogens is 220 g/mol. The minimum Gasteiger partial charge on any atom is -0.395 e. The summed E-state index contributed by atoms with van der Waals surface area (Å²) in [5.41, 5.74) is 0.737. The first kappa shape index (κ1) is 8.91. The van der Waals surface area contributed by atoms with Crippen molar-refractivity contribution in [2.24, 2.45) is 0 Å². The molecule has 0 bridgehead atoms. The number of hydrogen-bond acceptors (Lipinski definition) is 0. The highest BCUT2D eigenvalue weighted by Gasteiger charge is 2.51. The van der Waals surface area contributed by atoms with Gasteiger partial charge in [0.05, 0.1) is 0 Å². The van der Waals surface area contributed by atoms with E-state index < -0.39 is 6.97 Å². The predicted octanol–water partition coefficient (Wildman–Crippen LogP) is 2.28. The number of fused-ring (bicyclic) bond motifs is 2.